The van der Waals surface area contributed by atoms with E-state index in [0.717, 1.165) is 12.8 Å². The number of hydrogen-bond acceptors (Lipinski definition) is 12. The first-order valence-electron chi connectivity index (χ1n) is 11.0. The lowest BCUT2D eigenvalue weighted by Gasteiger charge is -2.37. The number of piperidine rings is 2. The van der Waals surface area contributed by atoms with Crippen molar-refractivity contribution in [3.63, 3.8) is 0 Å². The molecule has 33 heavy (non-hydrogen) atoms. The van der Waals surface area contributed by atoms with Crippen molar-refractivity contribution in [2.45, 2.75) is 37.0 Å². The Balaban J connectivity index is 1.71. The zero-order valence-corrected chi connectivity index (χ0v) is 18.7. The number of aromatic nitrogens is 3. The van der Waals surface area contributed by atoms with Crippen LogP contribution in [0.3, 0.4) is 0 Å². The number of methoxy groups -OCH3 is 1. The van der Waals surface area contributed by atoms with Gasteiger partial charge in [-0.25, -0.2) is 4.79 Å². The van der Waals surface area contributed by atoms with Crippen molar-refractivity contribution >= 4 is 29.5 Å². The van der Waals surface area contributed by atoms with Crippen LogP contribution in [0.2, 0.25) is 0 Å². The maximum atomic E-state index is 12.2. The average Bonchev–Trinajstić information content (AvgIpc) is 2.77. The van der Waals surface area contributed by atoms with Crippen molar-refractivity contribution < 1.29 is 9.53 Å². The molecule has 4 atom stereocenters. The number of anilines is 4. The van der Waals surface area contributed by atoms with E-state index in [1.807, 2.05) is 15.9 Å². The minimum atomic E-state index is -0.464. The zero-order chi connectivity index (χ0) is 23.5. The summed E-state index contributed by atoms with van der Waals surface area (Å²) in [7, 11) is 1.34. The number of nitrogens with zero attached hydrogens (tertiary/aromatic N) is 5. The quantitative estimate of drug-likeness (QED) is 0.350. The predicted octanol–water partition coefficient (Wildman–Crippen LogP) is -0.869. The van der Waals surface area contributed by atoms with Crippen molar-refractivity contribution in [3.8, 4) is 0 Å². The van der Waals surface area contributed by atoms with E-state index >= 15 is 0 Å². The molecule has 1 aromatic heterocycles. The summed E-state index contributed by atoms with van der Waals surface area (Å²) in [4.78, 5) is 30.1. The van der Waals surface area contributed by atoms with E-state index in [1.165, 1.54) is 7.11 Å². The standard InChI is InChI=1S/C21H32N10O2/c1-33-18(32)16-4-2-3-5-17(16)26-19-27-20(30-8-12(22)6-13(23)9-30)29-21(28-19)31-10-14(24)7-15(25)11-31/h2-5,12-15H,6-11,22-25H2,1H3,(H,26,27,28,29)/t12-,13+,14-,15+. The van der Waals surface area contributed by atoms with Crippen LogP contribution in [0.5, 0.6) is 0 Å². The Morgan fingerprint density at radius 2 is 1.36 bits per heavy atom. The first-order chi connectivity index (χ1) is 15.8. The van der Waals surface area contributed by atoms with Crippen LogP contribution in [0.1, 0.15) is 23.2 Å². The van der Waals surface area contributed by atoms with E-state index in [0.29, 0.717) is 49.3 Å². The highest BCUT2D eigenvalue weighted by molar-refractivity contribution is 5.96. The molecule has 9 N–H and O–H groups in total. The molecular weight excluding hydrogens is 424 g/mol. The third kappa shape index (κ3) is 5.47. The third-order valence-electron chi connectivity index (χ3n) is 5.79. The molecule has 1 aromatic carbocycles. The van der Waals surface area contributed by atoms with E-state index in [1.54, 1.807) is 18.2 Å². The Morgan fingerprint density at radius 3 is 1.85 bits per heavy atom. The maximum Gasteiger partial charge on any atom is 0.339 e. The van der Waals surface area contributed by atoms with Crippen LogP contribution in [0, 0.1) is 0 Å². The van der Waals surface area contributed by atoms with Gasteiger partial charge in [0.25, 0.3) is 0 Å². The molecule has 2 saturated heterocycles. The number of carbonyl (C=O) groups is 1. The summed E-state index contributed by atoms with van der Waals surface area (Å²) in [5.74, 6) is 0.730. The molecule has 0 unspecified atom stereocenters. The first kappa shape index (κ1) is 23.1. The Hall–Kier alpha value is -3.06. The number of nitrogens with one attached hydrogen (secondary N) is 1. The number of hydrogen-bond donors (Lipinski definition) is 5. The van der Waals surface area contributed by atoms with Crippen molar-refractivity contribution in [1.29, 1.82) is 0 Å². The molecule has 178 valence electrons. The van der Waals surface area contributed by atoms with Gasteiger partial charge in [0.05, 0.1) is 18.4 Å². The minimum absolute atomic E-state index is 0.0812. The SMILES string of the molecule is COC(=O)c1ccccc1Nc1nc(N2C[C@H](N)C[C@H](N)C2)nc(N2C[C@H](N)C[C@H](N)C2)n1. The smallest absolute Gasteiger partial charge is 0.339 e. The molecule has 2 aliphatic rings. The first-order valence-corrected chi connectivity index (χ1v) is 11.0. The lowest BCUT2D eigenvalue weighted by Crippen LogP contribution is -2.54. The summed E-state index contributed by atoms with van der Waals surface area (Å²) in [5, 5.41) is 3.15. The van der Waals surface area contributed by atoms with Crippen molar-refractivity contribution in [3.05, 3.63) is 29.8 Å². The summed E-state index contributed by atoms with van der Waals surface area (Å²) in [6.45, 7) is 2.31. The van der Waals surface area contributed by atoms with E-state index in [9.17, 15) is 4.79 Å². The Bertz CT molecular complexity index is 925. The van der Waals surface area contributed by atoms with Crippen LogP contribution in [0.15, 0.2) is 24.3 Å². The number of benzene rings is 1. The number of carbonyl (C=O) groups excluding carboxylic acids is 1. The van der Waals surface area contributed by atoms with Gasteiger partial charge in [0.15, 0.2) is 0 Å². The van der Waals surface area contributed by atoms with E-state index in [-0.39, 0.29) is 30.1 Å². The minimum Gasteiger partial charge on any atom is -0.465 e. The Morgan fingerprint density at radius 1 is 0.879 bits per heavy atom. The fourth-order valence-corrected chi connectivity index (χ4v) is 4.38. The average molecular weight is 457 g/mol. The highest BCUT2D eigenvalue weighted by Gasteiger charge is 2.29. The molecule has 0 amide bonds. The number of para-hydroxylation sites is 1. The molecule has 0 spiro atoms. The molecule has 2 aromatic rings. The monoisotopic (exact) mass is 456 g/mol. The molecular formula is C21H32N10O2. The summed E-state index contributed by atoms with van der Waals surface area (Å²) >= 11 is 0. The number of esters is 1. The van der Waals surface area contributed by atoms with Crippen LogP contribution in [0.4, 0.5) is 23.5 Å². The Labute approximate surface area is 192 Å². The predicted molar refractivity (Wildman–Crippen MR) is 126 cm³/mol. The second kappa shape index (κ2) is 9.83. The largest absolute Gasteiger partial charge is 0.465 e. The summed E-state index contributed by atoms with van der Waals surface area (Å²) in [5.41, 5.74) is 25.7. The zero-order valence-electron chi connectivity index (χ0n) is 18.7. The van der Waals surface area contributed by atoms with Gasteiger partial charge in [0.2, 0.25) is 17.8 Å². The number of rotatable bonds is 5. The molecule has 4 rings (SSSR count). The van der Waals surface area contributed by atoms with Gasteiger partial charge in [-0.15, -0.1) is 0 Å². The highest BCUT2D eigenvalue weighted by atomic mass is 16.5. The Kier molecular flexibility index (Phi) is 6.88. The number of ether oxygens (including phenoxy) is 1. The van der Waals surface area contributed by atoms with Gasteiger partial charge in [-0.2, -0.15) is 15.0 Å². The van der Waals surface area contributed by atoms with Crippen LogP contribution < -0.4 is 38.1 Å². The van der Waals surface area contributed by atoms with Gasteiger partial charge >= 0.3 is 5.97 Å². The van der Waals surface area contributed by atoms with Gasteiger partial charge in [-0.05, 0) is 25.0 Å². The van der Waals surface area contributed by atoms with E-state index < -0.39 is 5.97 Å². The molecule has 3 heterocycles. The van der Waals surface area contributed by atoms with Gasteiger partial charge in [0, 0.05) is 50.3 Å². The van der Waals surface area contributed by atoms with E-state index in [4.69, 9.17) is 32.7 Å². The second-order valence-corrected chi connectivity index (χ2v) is 8.74. The molecule has 2 fully saturated rings. The van der Waals surface area contributed by atoms with Gasteiger partial charge in [-0.1, -0.05) is 12.1 Å². The normalized spacial score (nSPS) is 25.6. The molecule has 0 bridgehead atoms. The molecule has 12 heteroatoms. The molecule has 0 aliphatic carbocycles. The summed E-state index contributed by atoms with van der Waals surface area (Å²) in [6, 6.07) is 6.67. The van der Waals surface area contributed by atoms with Crippen molar-refractivity contribution in [2.24, 2.45) is 22.9 Å². The van der Waals surface area contributed by atoms with Crippen LogP contribution in [-0.4, -0.2) is 78.4 Å². The fraction of sp³-hybridized carbons (Fsp3) is 0.524. The van der Waals surface area contributed by atoms with Crippen LogP contribution in [0.25, 0.3) is 0 Å². The van der Waals surface area contributed by atoms with E-state index in [2.05, 4.69) is 15.3 Å². The molecule has 12 nitrogen and oxygen atoms in total. The van der Waals surface area contributed by atoms with Gasteiger partial charge in [0.1, 0.15) is 0 Å². The maximum absolute atomic E-state index is 12.2. The van der Waals surface area contributed by atoms with Gasteiger partial charge in [-0.3, -0.25) is 0 Å². The van der Waals surface area contributed by atoms with Crippen molar-refractivity contribution in [1.82, 2.24) is 15.0 Å². The fourth-order valence-electron chi connectivity index (χ4n) is 4.38. The highest BCUT2D eigenvalue weighted by Crippen LogP contribution is 2.25. The third-order valence-corrected chi connectivity index (χ3v) is 5.79. The summed E-state index contributed by atoms with van der Waals surface area (Å²) < 4.78 is 4.90. The summed E-state index contributed by atoms with van der Waals surface area (Å²) in [6.07, 6.45) is 1.48. The number of nitrogens with two attached hydrogens (primary N) is 4. The lowest BCUT2D eigenvalue weighted by molar-refractivity contribution is 0.0602. The molecule has 0 saturated carbocycles. The lowest BCUT2D eigenvalue weighted by atomic mass is 10.0. The van der Waals surface area contributed by atoms with Crippen LogP contribution in [-0.2, 0) is 4.74 Å². The van der Waals surface area contributed by atoms with Gasteiger partial charge < -0.3 is 42.8 Å². The molecule has 2 aliphatic heterocycles. The molecule has 0 radical (unpaired) electrons. The second-order valence-electron chi connectivity index (χ2n) is 8.74. The topological polar surface area (TPSA) is 188 Å². The van der Waals surface area contributed by atoms with Crippen LogP contribution >= 0.6 is 0 Å². The van der Waals surface area contributed by atoms with Crippen molar-refractivity contribution in [2.75, 3.05) is 48.4 Å².